The average molecular weight is 554 g/mol. The third-order valence-corrected chi connectivity index (χ3v) is 0. The maximum absolute atomic E-state index is 8.60. The monoisotopic (exact) mass is 554 g/mol. The number of hydrogen-bond acceptors (Lipinski definition) is 9. The fraction of sp³-hybridized carbons (Fsp3) is 0. The average Bonchev–Trinajstić information content (AvgIpc) is 1.54. The second kappa shape index (κ2) is 31.4. The first-order valence-corrected chi connectivity index (χ1v) is 9.72. The van der Waals surface area contributed by atoms with E-state index in [4.69, 9.17) is 30.3 Å². The summed E-state index contributed by atoms with van der Waals surface area (Å²) >= 11 is -12.6. The van der Waals surface area contributed by atoms with Crippen molar-refractivity contribution in [1.29, 1.82) is 0 Å². The Kier molecular flexibility index (Phi) is 77.0. The summed E-state index contributed by atoms with van der Waals surface area (Å²) in [7, 11) is 0. The smallest absolute Gasteiger partial charge is 1.00 e. The zero-order chi connectivity index (χ0) is 10.7. The van der Waals surface area contributed by atoms with E-state index in [0.717, 1.165) is 0 Å². The third-order valence-electron chi connectivity index (χ3n) is 0. The predicted octanol–water partition coefficient (Wildman–Crippen LogP) is -13.3. The summed E-state index contributed by atoms with van der Waals surface area (Å²) in [6.45, 7) is 0. The van der Waals surface area contributed by atoms with Gasteiger partial charge in [-0.25, -0.2) is 0 Å². The zero-order valence-electron chi connectivity index (χ0n) is 8.02. The van der Waals surface area contributed by atoms with Crippen molar-refractivity contribution in [2.75, 3.05) is 0 Å². The van der Waals surface area contributed by atoms with Gasteiger partial charge in [0.15, 0.2) is 0 Å². The van der Waals surface area contributed by atoms with E-state index in [2.05, 4.69) is 0 Å². The number of hydrogen-bond donors (Lipinski definition) is 0. The molecule has 0 aromatic carbocycles. The van der Waals surface area contributed by atoms with E-state index in [0.29, 0.717) is 0 Å². The van der Waals surface area contributed by atoms with Gasteiger partial charge in [0.25, 0.3) is 0 Å². The van der Waals surface area contributed by atoms with Crippen LogP contribution in [0.3, 0.4) is 0 Å². The molecule has 0 bridgehead atoms. The van der Waals surface area contributed by atoms with Crippen LogP contribution >= 0.6 is 0 Å². The van der Waals surface area contributed by atoms with Crippen LogP contribution in [-0.2, 0) is 75.9 Å². The van der Waals surface area contributed by atoms with Crippen LogP contribution < -0.4 is 139 Å². The molecule has 0 aromatic heterocycles. The van der Waals surface area contributed by atoms with Crippen molar-refractivity contribution in [2.24, 2.45) is 0 Å². The molecule has 0 amide bonds. The molecule has 0 fully saturated rings. The van der Waals surface area contributed by atoms with Crippen molar-refractivity contribution in [2.45, 2.75) is 0 Å². The molecule has 9 nitrogen and oxygen atoms in total. The first-order valence-electron chi connectivity index (χ1n) is 1.64. The van der Waals surface area contributed by atoms with E-state index in [1.54, 1.807) is 0 Å². The van der Waals surface area contributed by atoms with Crippen LogP contribution in [0.15, 0.2) is 0 Å². The van der Waals surface area contributed by atoms with Crippen LogP contribution in [0.25, 0.3) is 0 Å². The summed E-state index contributed by atoms with van der Waals surface area (Å²) in [5.41, 5.74) is 0. The van der Waals surface area contributed by atoms with E-state index < -0.39 is 56.4 Å². The third kappa shape index (κ3) is 223. The molecule has 0 aliphatic rings. The maximum atomic E-state index is 8.60. The summed E-state index contributed by atoms with van der Waals surface area (Å²) in [5, 5.41) is 0. The molecule has 0 atom stereocenters. The van der Waals surface area contributed by atoms with Crippen LogP contribution in [-0.4, -0.2) is 0 Å². The van der Waals surface area contributed by atoms with Crippen molar-refractivity contribution in [3.05, 3.63) is 0 Å². The molecule has 0 rings (SSSR count). The molecule has 15 heavy (non-hydrogen) atoms. The van der Waals surface area contributed by atoms with Gasteiger partial charge in [-0.1, -0.05) is 0 Å². The van der Waals surface area contributed by atoms with Crippen LogP contribution in [0, 0.1) is 0 Å². The van der Waals surface area contributed by atoms with Gasteiger partial charge in [-0.15, -0.1) is 0 Å². The molecule has 0 N–H and O–H groups in total. The molecule has 15 heteroatoms. The van der Waals surface area contributed by atoms with Crippen molar-refractivity contribution < 1.29 is 215 Å². The molecule has 0 spiro atoms. The van der Waals surface area contributed by atoms with Gasteiger partial charge in [-0.2, -0.15) is 0 Å². The Labute approximate surface area is 208 Å². The minimum atomic E-state index is -4.20. The van der Waals surface area contributed by atoms with Gasteiger partial charge in [0, 0.05) is 0 Å². The Bertz CT molecular complexity index is 218. The fourth-order valence-electron chi connectivity index (χ4n) is 0. The summed E-state index contributed by atoms with van der Waals surface area (Å²) in [6, 6.07) is 0. The Morgan fingerprint density at radius 3 is 0.600 bits per heavy atom. The molecule has 0 aliphatic heterocycles. The van der Waals surface area contributed by atoms with Crippen LogP contribution in [0.4, 0.5) is 0 Å². The Morgan fingerprint density at radius 2 is 0.600 bits per heavy atom. The molecule has 0 unspecified atom stereocenters. The van der Waals surface area contributed by atoms with Crippen molar-refractivity contribution >= 4 is 0 Å². The van der Waals surface area contributed by atoms with E-state index >= 15 is 0 Å². The largest absolute Gasteiger partial charge is 1.00 e. The molecule has 72 valence electrons. The molecule has 0 heterocycles. The molecule has 0 saturated heterocycles. The van der Waals surface area contributed by atoms with E-state index in [1.807, 2.05) is 0 Å². The second-order valence-corrected chi connectivity index (χ2v) is 3.97. The number of rotatable bonds is 0. The van der Waals surface area contributed by atoms with Crippen molar-refractivity contribution in [3.63, 3.8) is 0 Å². The molecular formula is KLiNb3O9Rb. The normalized spacial score (nSPS) is 5.00. The minimum absolute atomic E-state index is 0. The first kappa shape index (κ1) is 36.8. The Hall–Kier alpha value is 4.94. The maximum Gasteiger partial charge on any atom is 1.00 e. The Morgan fingerprint density at radius 1 is 0.600 bits per heavy atom. The quantitative estimate of drug-likeness (QED) is 0.264. The van der Waals surface area contributed by atoms with E-state index in [1.165, 1.54) is 0 Å². The molecule has 0 radical (unpaired) electrons. The van der Waals surface area contributed by atoms with Gasteiger partial charge in [0.2, 0.25) is 0 Å². The Balaban J connectivity index is -0.0000000184. The van der Waals surface area contributed by atoms with Crippen LogP contribution in [0.5, 0.6) is 0 Å². The molecule has 0 aromatic rings. The standard InChI is InChI=1S/K.Li.3Nb.9O.Rb/q2*+1;;;;;;;;;;3*-1;+1. The van der Waals surface area contributed by atoms with Gasteiger partial charge in [0.05, 0.1) is 0 Å². The van der Waals surface area contributed by atoms with Crippen LogP contribution in [0.1, 0.15) is 0 Å². The minimum Gasteiger partial charge on any atom is 1.00 e. The molecule has 0 saturated carbocycles. The summed E-state index contributed by atoms with van der Waals surface area (Å²) in [4.78, 5) is 0. The van der Waals surface area contributed by atoms with Gasteiger partial charge in [0.1, 0.15) is 0 Å². The summed E-state index contributed by atoms with van der Waals surface area (Å²) in [6.07, 6.45) is 0. The topological polar surface area (TPSA) is 172 Å². The van der Waals surface area contributed by atoms with Gasteiger partial charge in [-0.05, 0) is 0 Å². The second-order valence-electron chi connectivity index (χ2n) is 0.671. The SMILES string of the molecule is [K+].[Li+].[O]=[Nb](=[O])[O-].[O]=[Nb](=[O])[O-].[O]=[Nb](=[O])[O-].[Rb+]. The first-order chi connectivity index (χ1) is 5.20. The van der Waals surface area contributed by atoms with Gasteiger partial charge < -0.3 is 0 Å². The summed E-state index contributed by atoms with van der Waals surface area (Å²) in [5.74, 6) is 0. The summed E-state index contributed by atoms with van der Waals surface area (Å²) < 4.78 is 77.4. The zero-order valence-corrected chi connectivity index (χ0v) is 22.7. The van der Waals surface area contributed by atoms with Crippen molar-refractivity contribution in [1.82, 2.24) is 0 Å². The van der Waals surface area contributed by atoms with Crippen molar-refractivity contribution in [3.8, 4) is 0 Å². The predicted molar refractivity (Wildman–Crippen MR) is 4.12 cm³/mol. The van der Waals surface area contributed by atoms with Gasteiger partial charge >= 0.3 is 215 Å². The van der Waals surface area contributed by atoms with Gasteiger partial charge in [-0.3, -0.25) is 0 Å². The van der Waals surface area contributed by atoms with E-state index in [-0.39, 0.29) is 128 Å². The molecular weight excluding hydrogens is 554 g/mol. The molecule has 0 aliphatic carbocycles. The van der Waals surface area contributed by atoms with E-state index in [9.17, 15) is 0 Å². The van der Waals surface area contributed by atoms with Crippen LogP contribution in [0.2, 0.25) is 0 Å². The fourth-order valence-corrected chi connectivity index (χ4v) is 0.